The monoisotopic (exact) mass is 436 g/mol. The molecule has 0 aromatic rings. The highest BCUT2D eigenvalue weighted by atomic mass is 28.4. The smallest absolute Gasteiger partial charge is 0.330 e. The van der Waals surface area contributed by atoms with Crippen LogP contribution in [0.3, 0.4) is 0 Å². The summed E-state index contributed by atoms with van der Waals surface area (Å²) in [5, 5.41) is 0. The highest BCUT2D eigenvalue weighted by Gasteiger charge is 2.32. The molecule has 0 aliphatic rings. The van der Waals surface area contributed by atoms with Gasteiger partial charge in [0.1, 0.15) is 12.5 Å². The van der Waals surface area contributed by atoms with Crippen LogP contribution in [0.5, 0.6) is 0 Å². The second kappa shape index (κ2) is 9.60. The van der Waals surface area contributed by atoms with Crippen LogP contribution in [0, 0.1) is 0 Å². The van der Waals surface area contributed by atoms with E-state index in [0.29, 0.717) is 0 Å². The molecule has 0 N–H and O–H groups in total. The zero-order valence-corrected chi connectivity index (χ0v) is 22.0. The van der Waals surface area contributed by atoms with Crippen molar-refractivity contribution in [3.8, 4) is 0 Å². The van der Waals surface area contributed by atoms with Gasteiger partial charge < -0.3 is 17.7 Å². The molecular weight excluding hydrogens is 401 g/mol. The molecule has 0 saturated heterocycles. The summed E-state index contributed by atoms with van der Waals surface area (Å²) >= 11 is 0. The summed E-state index contributed by atoms with van der Waals surface area (Å²) in [5.74, 6) is -1.12. The van der Waals surface area contributed by atoms with Crippen LogP contribution in [0.1, 0.15) is 0 Å². The zero-order chi connectivity index (χ0) is 20.8. The predicted molar refractivity (Wildman–Crippen MR) is 115 cm³/mol. The van der Waals surface area contributed by atoms with Gasteiger partial charge in [0.15, 0.2) is 16.6 Å². The lowest BCUT2D eigenvalue weighted by atomic mass is 10.5. The molecule has 6 nitrogen and oxygen atoms in total. The molecule has 0 unspecified atom stereocenters. The Bertz CT molecular complexity index is 472. The molecule has 0 aliphatic heterocycles. The standard InChI is InChI=1S/C16H36O6Si4/c1-23(2,3)21-25(7,8)13-19-15(17)11-12-16(18)20-14-26(9,10)22-24(4,5)6/h11-12H,13-14H2,1-10H3. The highest BCUT2D eigenvalue weighted by Crippen LogP contribution is 2.15. The summed E-state index contributed by atoms with van der Waals surface area (Å²) in [6.07, 6.45) is 2.74. The van der Waals surface area contributed by atoms with Crippen LogP contribution in [0.4, 0.5) is 0 Å². The number of carbonyl (C=O) groups excluding carboxylic acids is 2. The lowest BCUT2D eigenvalue weighted by Gasteiger charge is -2.30. The van der Waals surface area contributed by atoms with Crippen LogP contribution in [0.25, 0.3) is 0 Å². The Morgan fingerprint density at radius 2 is 0.885 bits per heavy atom. The number of ether oxygens (including phenoxy) is 2. The first-order chi connectivity index (χ1) is 11.4. The van der Waals surface area contributed by atoms with Crippen molar-refractivity contribution in [3.05, 3.63) is 12.2 Å². The van der Waals surface area contributed by atoms with Crippen molar-refractivity contribution in [2.75, 3.05) is 12.5 Å². The van der Waals surface area contributed by atoms with Gasteiger partial charge in [-0.2, -0.15) is 0 Å². The Morgan fingerprint density at radius 3 is 1.12 bits per heavy atom. The maximum absolute atomic E-state index is 11.8. The molecule has 0 saturated carbocycles. The first-order valence-electron chi connectivity index (χ1n) is 8.83. The average Bonchev–Trinajstić information content (AvgIpc) is 2.35. The summed E-state index contributed by atoms with van der Waals surface area (Å²) in [5.41, 5.74) is 0. The molecule has 152 valence electrons. The summed E-state index contributed by atoms with van der Waals surface area (Å²) in [6, 6.07) is 0. The molecule has 0 aromatic heterocycles. The van der Waals surface area contributed by atoms with E-state index < -0.39 is 45.2 Å². The largest absolute Gasteiger partial charge is 0.463 e. The van der Waals surface area contributed by atoms with E-state index in [4.69, 9.17) is 17.7 Å². The minimum Gasteiger partial charge on any atom is -0.463 e. The summed E-state index contributed by atoms with van der Waals surface area (Å²) < 4.78 is 22.7. The third kappa shape index (κ3) is 14.6. The van der Waals surface area contributed by atoms with Crippen LogP contribution in [0.2, 0.25) is 65.5 Å². The van der Waals surface area contributed by atoms with E-state index in [2.05, 4.69) is 39.3 Å². The average molecular weight is 437 g/mol. The lowest BCUT2D eigenvalue weighted by molar-refractivity contribution is -0.138. The van der Waals surface area contributed by atoms with E-state index >= 15 is 0 Å². The minimum atomic E-state index is -2.06. The Balaban J connectivity index is 4.38. The number of rotatable bonds is 10. The Hall–Kier alpha value is -0.532. The van der Waals surface area contributed by atoms with Gasteiger partial charge in [-0.25, -0.2) is 9.59 Å². The summed E-state index contributed by atoms with van der Waals surface area (Å²) in [6.45, 7) is 20.7. The van der Waals surface area contributed by atoms with Crippen LogP contribution in [-0.2, 0) is 27.3 Å². The molecule has 0 heterocycles. The van der Waals surface area contributed by atoms with E-state index in [1.807, 2.05) is 26.2 Å². The molecule has 0 rings (SSSR count). The summed E-state index contributed by atoms with van der Waals surface area (Å²) in [7, 11) is -7.47. The van der Waals surface area contributed by atoms with Crippen molar-refractivity contribution in [3.63, 3.8) is 0 Å². The molecule has 0 aromatic carbocycles. The first kappa shape index (κ1) is 25.5. The van der Waals surface area contributed by atoms with Crippen LogP contribution in [0.15, 0.2) is 12.2 Å². The van der Waals surface area contributed by atoms with Gasteiger partial charge in [0.25, 0.3) is 0 Å². The van der Waals surface area contributed by atoms with Crippen LogP contribution >= 0.6 is 0 Å². The Labute approximate surface area is 162 Å². The second-order valence-electron chi connectivity index (χ2n) is 9.50. The van der Waals surface area contributed by atoms with Crippen LogP contribution in [-0.4, -0.2) is 57.7 Å². The predicted octanol–water partition coefficient (Wildman–Crippen LogP) is 3.82. The number of hydrogen-bond donors (Lipinski definition) is 0. The van der Waals surface area contributed by atoms with Crippen molar-refractivity contribution in [1.82, 2.24) is 0 Å². The SMILES string of the molecule is C[Si](C)(C)O[Si](C)(C)COC(=O)C=CC(=O)OC[Si](C)(C)O[Si](C)(C)C. The van der Waals surface area contributed by atoms with E-state index in [0.717, 1.165) is 12.2 Å². The van der Waals surface area contributed by atoms with Crippen molar-refractivity contribution in [2.24, 2.45) is 0 Å². The normalized spacial score (nSPS) is 13.8. The highest BCUT2D eigenvalue weighted by molar-refractivity contribution is 6.84. The number of esters is 2. The third-order valence-corrected chi connectivity index (χ3v) is 13.6. The van der Waals surface area contributed by atoms with Gasteiger partial charge in [0.05, 0.1) is 0 Å². The molecule has 0 amide bonds. The molecule has 0 spiro atoms. The lowest BCUT2D eigenvalue weighted by Crippen LogP contribution is -2.46. The van der Waals surface area contributed by atoms with E-state index in [1.165, 1.54) is 0 Å². The van der Waals surface area contributed by atoms with Gasteiger partial charge in [-0.05, 0) is 65.5 Å². The van der Waals surface area contributed by atoms with E-state index in [9.17, 15) is 9.59 Å². The molecule has 0 aliphatic carbocycles. The van der Waals surface area contributed by atoms with Gasteiger partial charge in [-0.15, -0.1) is 0 Å². The molecule has 0 fully saturated rings. The van der Waals surface area contributed by atoms with Gasteiger partial charge in [0.2, 0.25) is 16.6 Å². The van der Waals surface area contributed by atoms with Crippen molar-refractivity contribution in [1.29, 1.82) is 0 Å². The van der Waals surface area contributed by atoms with Crippen molar-refractivity contribution in [2.45, 2.75) is 65.5 Å². The van der Waals surface area contributed by atoms with Gasteiger partial charge in [-0.3, -0.25) is 0 Å². The molecular formula is C16H36O6Si4. The minimum absolute atomic E-state index is 0.263. The maximum atomic E-state index is 11.8. The fourth-order valence-corrected chi connectivity index (χ4v) is 17.2. The molecule has 0 atom stereocenters. The van der Waals surface area contributed by atoms with Gasteiger partial charge >= 0.3 is 11.9 Å². The zero-order valence-electron chi connectivity index (χ0n) is 18.0. The quantitative estimate of drug-likeness (QED) is 0.294. The number of carbonyl (C=O) groups is 2. The van der Waals surface area contributed by atoms with E-state index in [1.54, 1.807) is 0 Å². The van der Waals surface area contributed by atoms with Gasteiger partial charge in [0, 0.05) is 12.2 Å². The van der Waals surface area contributed by atoms with Crippen molar-refractivity contribution < 1.29 is 27.3 Å². The molecule has 26 heavy (non-hydrogen) atoms. The fraction of sp³-hybridized carbons (Fsp3) is 0.750. The third-order valence-electron chi connectivity index (χ3n) is 2.64. The molecule has 0 radical (unpaired) electrons. The molecule has 0 bridgehead atoms. The van der Waals surface area contributed by atoms with Crippen molar-refractivity contribution >= 4 is 45.2 Å². The molecule has 10 heteroatoms. The first-order valence-corrected chi connectivity index (χ1v) is 21.9. The van der Waals surface area contributed by atoms with Gasteiger partial charge in [-0.1, -0.05) is 0 Å². The van der Waals surface area contributed by atoms with Crippen LogP contribution < -0.4 is 0 Å². The topological polar surface area (TPSA) is 71.1 Å². The summed E-state index contributed by atoms with van der Waals surface area (Å²) in [4.78, 5) is 23.6. The maximum Gasteiger partial charge on any atom is 0.330 e. The Kier molecular flexibility index (Phi) is 9.40. The second-order valence-corrected chi connectivity index (χ2v) is 27.2. The fourth-order valence-electron chi connectivity index (χ4n) is 2.44. The Morgan fingerprint density at radius 1 is 0.615 bits per heavy atom. The van der Waals surface area contributed by atoms with E-state index in [-0.39, 0.29) is 12.5 Å². The number of hydrogen-bond acceptors (Lipinski definition) is 6.